The predicted molar refractivity (Wildman–Crippen MR) is 130 cm³/mol. The summed E-state index contributed by atoms with van der Waals surface area (Å²) in [6.07, 6.45) is 8.29. The number of amides is 1. The Hall–Kier alpha value is -1.56. The zero-order valence-corrected chi connectivity index (χ0v) is 20.8. The van der Waals surface area contributed by atoms with Gasteiger partial charge in [-0.15, -0.1) is 23.2 Å². The van der Waals surface area contributed by atoms with Gasteiger partial charge in [-0.25, -0.2) is 4.79 Å². The fourth-order valence-electron chi connectivity index (χ4n) is 4.48. The summed E-state index contributed by atoms with van der Waals surface area (Å²) in [4.78, 5) is 17.5. The lowest BCUT2D eigenvalue weighted by molar-refractivity contribution is 0.0165. The van der Waals surface area contributed by atoms with Crippen LogP contribution in [0.2, 0.25) is 0 Å². The second-order valence-corrected chi connectivity index (χ2v) is 11.7. The first-order chi connectivity index (χ1) is 14.9. The highest BCUT2D eigenvalue weighted by atomic mass is 35.5. The maximum Gasteiger partial charge on any atom is 0.412 e. The molecule has 1 saturated heterocycles. The van der Waals surface area contributed by atoms with Gasteiger partial charge in [0.25, 0.3) is 0 Å². The molecule has 7 heteroatoms. The zero-order chi connectivity index (χ0) is 23.3. The van der Waals surface area contributed by atoms with Crippen LogP contribution in [0.4, 0.5) is 10.5 Å². The molecular formula is C25H32Cl2N2O3. The Kier molecular flexibility index (Phi) is 6.38. The van der Waals surface area contributed by atoms with Crippen LogP contribution < -0.4 is 5.32 Å². The summed E-state index contributed by atoms with van der Waals surface area (Å²) in [7, 11) is 0. The molecule has 1 N–H and O–H groups in total. The summed E-state index contributed by atoms with van der Waals surface area (Å²) in [6, 6.07) is 3.80. The van der Waals surface area contributed by atoms with Crippen LogP contribution in [0.1, 0.15) is 71.2 Å². The molecule has 4 atom stereocenters. The molecule has 1 aliphatic carbocycles. The normalized spacial score (nSPS) is 31.2. The fourth-order valence-corrected chi connectivity index (χ4v) is 5.41. The fraction of sp³-hybridized carbons (Fsp3) is 0.600. The molecule has 0 spiro atoms. The minimum atomic E-state index is -0.586. The van der Waals surface area contributed by atoms with Gasteiger partial charge in [0.2, 0.25) is 0 Å². The van der Waals surface area contributed by atoms with Crippen molar-refractivity contribution in [3.05, 3.63) is 41.7 Å². The Morgan fingerprint density at radius 1 is 1.19 bits per heavy atom. The molecule has 174 valence electrons. The average Bonchev–Trinajstić information content (AvgIpc) is 3.13. The van der Waals surface area contributed by atoms with Crippen molar-refractivity contribution in [1.29, 1.82) is 0 Å². The van der Waals surface area contributed by atoms with E-state index in [1.165, 1.54) is 0 Å². The molecule has 1 aromatic heterocycles. The van der Waals surface area contributed by atoms with Gasteiger partial charge in [-0.2, -0.15) is 0 Å². The van der Waals surface area contributed by atoms with Gasteiger partial charge in [0.1, 0.15) is 5.60 Å². The van der Waals surface area contributed by atoms with Crippen LogP contribution >= 0.6 is 23.2 Å². The van der Waals surface area contributed by atoms with Crippen LogP contribution in [0.5, 0.6) is 0 Å². The van der Waals surface area contributed by atoms with Gasteiger partial charge < -0.3 is 9.47 Å². The Balaban J connectivity index is 1.69. The quantitative estimate of drug-likeness (QED) is 0.389. The first-order valence-electron chi connectivity index (χ1n) is 11.3. The van der Waals surface area contributed by atoms with E-state index in [-0.39, 0.29) is 34.3 Å². The monoisotopic (exact) mass is 478 g/mol. The molecule has 0 saturated carbocycles. The van der Waals surface area contributed by atoms with E-state index in [4.69, 9.17) is 37.7 Å². The van der Waals surface area contributed by atoms with Crippen molar-refractivity contribution in [2.24, 2.45) is 5.41 Å². The van der Waals surface area contributed by atoms with Crippen molar-refractivity contribution < 1.29 is 14.3 Å². The number of hydrogen-bond acceptors (Lipinski definition) is 4. The second kappa shape index (κ2) is 8.66. The number of carbonyl (C=O) groups is 1. The largest absolute Gasteiger partial charge is 0.444 e. The lowest BCUT2D eigenvalue weighted by Crippen LogP contribution is -2.44. The number of ether oxygens (including phenoxy) is 2. The Morgan fingerprint density at radius 3 is 2.41 bits per heavy atom. The van der Waals surface area contributed by atoms with E-state index >= 15 is 0 Å². The number of anilines is 1. The van der Waals surface area contributed by atoms with Gasteiger partial charge in [-0.3, -0.25) is 10.3 Å². The topological polar surface area (TPSA) is 60.5 Å². The lowest BCUT2D eigenvalue weighted by atomic mass is 9.77. The molecule has 0 radical (unpaired) electrons. The van der Waals surface area contributed by atoms with E-state index in [0.29, 0.717) is 5.69 Å². The maximum atomic E-state index is 12.5. The summed E-state index contributed by atoms with van der Waals surface area (Å²) >= 11 is 13.5. The van der Waals surface area contributed by atoms with Crippen molar-refractivity contribution >= 4 is 40.6 Å². The van der Waals surface area contributed by atoms with Crippen molar-refractivity contribution in [2.75, 3.05) is 5.32 Å². The van der Waals surface area contributed by atoms with Crippen LogP contribution in [0.25, 0.3) is 5.57 Å². The van der Waals surface area contributed by atoms with E-state index in [1.54, 1.807) is 0 Å². The summed E-state index contributed by atoms with van der Waals surface area (Å²) < 4.78 is 11.3. The van der Waals surface area contributed by atoms with E-state index in [1.807, 2.05) is 45.1 Å². The van der Waals surface area contributed by atoms with Crippen LogP contribution in [0, 0.1) is 5.41 Å². The van der Waals surface area contributed by atoms with Crippen molar-refractivity contribution in [3.8, 4) is 0 Å². The number of nitrogens with zero attached hydrogens (tertiary/aromatic N) is 1. The van der Waals surface area contributed by atoms with Crippen molar-refractivity contribution in [3.63, 3.8) is 0 Å². The Labute approximate surface area is 200 Å². The van der Waals surface area contributed by atoms with Gasteiger partial charge in [0.15, 0.2) is 0 Å². The number of halogens is 2. The minimum absolute atomic E-state index is 0.160. The molecule has 5 nitrogen and oxygen atoms in total. The second-order valence-electron chi connectivity index (χ2n) is 10.7. The zero-order valence-electron chi connectivity index (χ0n) is 19.3. The van der Waals surface area contributed by atoms with Gasteiger partial charge in [0, 0.05) is 11.6 Å². The molecule has 1 fully saturated rings. The highest BCUT2D eigenvalue weighted by Crippen LogP contribution is 2.45. The molecule has 32 heavy (non-hydrogen) atoms. The molecule has 4 unspecified atom stereocenters. The smallest absolute Gasteiger partial charge is 0.412 e. The molecule has 2 aliphatic heterocycles. The molecule has 1 amide bonds. The van der Waals surface area contributed by atoms with Crippen LogP contribution in [-0.4, -0.2) is 39.6 Å². The first kappa shape index (κ1) is 23.6. The number of alkyl halides is 2. The molecule has 0 aromatic carbocycles. The number of rotatable bonds is 3. The third-order valence-corrected chi connectivity index (χ3v) is 7.33. The molecular weight excluding hydrogens is 447 g/mol. The van der Waals surface area contributed by atoms with E-state index in [0.717, 1.165) is 36.2 Å². The van der Waals surface area contributed by atoms with Crippen molar-refractivity contribution in [2.45, 2.75) is 88.4 Å². The van der Waals surface area contributed by atoms with Crippen LogP contribution in [0.3, 0.4) is 0 Å². The Bertz CT molecular complexity index is 933. The van der Waals surface area contributed by atoms with Gasteiger partial charge in [-0.1, -0.05) is 32.1 Å². The van der Waals surface area contributed by atoms with E-state index in [9.17, 15) is 4.79 Å². The molecule has 4 rings (SSSR count). The number of nitrogens with one attached hydrogen (secondary N) is 1. The van der Waals surface area contributed by atoms with E-state index < -0.39 is 11.7 Å². The van der Waals surface area contributed by atoms with Crippen molar-refractivity contribution in [1.82, 2.24) is 4.98 Å². The van der Waals surface area contributed by atoms with Crippen LogP contribution in [0.15, 0.2) is 30.4 Å². The third-order valence-electron chi connectivity index (χ3n) is 6.29. The molecule has 1 aromatic rings. The summed E-state index contributed by atoms with van der Waals surface area (Å²) in [5.41, 5.74) is 3.03. The number of allylic oxidation sites excluding steroid dienone is 2. The van der Waals surface area contributed by atoms with Gasteiger partial charge in [0.05, 0.1) is 34.3 Å². The lowest BCUT2D eigenvalue weighted by Gasteiger charge is -2.37. The summed E-state index contributed by atoms with van der Waals surface area (Å²) in [5.74, 6) is -0.160. The Morgan fingerprint density at radius 2 is 1.84 bits per heavy atom. The van der Waals surface area contributed by atoms with Gasteiger partial charge >= 0.3 is 6.09 Å². The van der Waals surface area contributed by atoms with Crippen LogP contribution in [-0.2, 0) is 9.47 Å². The molecule has 3 aliphatic rings. The number of pyridine rings is 1. The highest BCUT2D eigenvalue weighted by Gasteiger charge is 2.47. The maximum absolute atomic E-state index is 12.5. The number of aromatic nitrogens is 1. The number of hydrogen-bond donors (Lipinski definition) is 1. The standard InChI is InChI=1S/C25H32Cl2N2O3/c1-24(2,3)32-23(30)29-16-7-6-15(19-20(26)17-8-9-18(31-17)21(19)27)28-22(16)14-10-12-25(4,5)13-11-14/h6-10,17-21H,11-13H2,1-5H3,(H,29,30). The minimum Gasteiger partial charge on any atom is -0.444 e. The van der Waals surface area contributed by atoms with E-state index in [2.05, 4.69) is 25.2 Å². The molecule has 3 heterocycles. The highest BCUT2D eigenvalue weighted by molar-refractivity contribution is 6.25. The third kappa shape index (κ3) is 5.00. The molecule has 2 bridgehead atoms. The summed E-state index contributed by atoms with van der Waals surface area (Å²) in [6.45, 7) is 10.1. The number of carbonyl (C=O) groups excluding carboxylic acids is 1. The first-order valence-corrected chi connectivity index (χ1v) is 12.1. The SMILES string of the molecule is CC1(C)CC=C(c2nc(C3C(Cl)C4C=CC(O4)C3Cl)ccc2NC(=O)OC(C)(C)C)CC1. The predicted octanol–water partition coefficient (Wildman–Crippen LogP) is 6.66. The number of fused-ring (bicyclic) bond motifs is 2. The van der Waals surface area contributed by atoms with Gasteiger partial charge in [-0.05, 0) is 63.2 Å². The summed E-state index contributed by atoms with van der Waals surface area (Å²) in [5, 5.41) is 2.28. The average molecular weight is 479 g/mol.